The highest BCUT2D eigenvalue weighted by atomic mass is 35.5. The Labute approximate surface area is 206 Å². The molecule has 3 aromatic carbocycles. The summed E-state index contributed by atoms with van der Waals surface area (Å²) in [5, 5.41) is 0.330. The van der Waals surface area contributed by atoms with Crippen molar-refractivity contribution in [2.75, 3.05) is 0 Å². The van der Waals surface area contributed by atoms with E-state index in [0.717, 1.165) is 11.3 Å². The molecule has 0 radical (unpaired) electrons. The van der Waals surface area contributed by atoms with Crippen molar-refractivity contribution in [3.8, 4) is 5.69 Å². The summed E-state index contributed by atoms with van der Waals surface area (Å²) in [6.07, 6.45) is 0. The summed E-state index contributed by atoms with van der Waals surface area (Å²) in [5.74, 6) is -1.88. The van der Waals surface area contributed by atoms with Gasteiger partial charge in [0.1, 0.15) is 5.82 Å². The molecular formula is C28H20ClFN2O3. The van der Waals surface area contributed by atoms with Crippen LogP contribution in [0.4, 0.5) is 4.39 Å². The quantitative estimate of drug-likeness (QED) is 0.260. The summed E-state index contributed by atoms with van der Waals surface area (Å²) in [7, 11) is 0. The number of fused-ring (bicyclic) bond motifs is 1. The first kappa shape index (κ1) is 22.7. The number of carbonyl (C=O) groups is 3. The molecule has 5 nitrogen and oxygen atoms in total. The largest absolute Gasteiger partial charge is 0.315 e. The number of imide groups is 1. The van der Waals surface area contributed by atoms with E-state index in [2.05, 4.69) is 0 Å². The van der Waals surface area contributed by atoms with Gasteiger partial charge in [-0.1, -0.05) is 35.9 Å². The van der Waals surface area contributed by atoms with Gasteiger partial charge in [0.25, 0.3) is 11.8 Å². The average Bonchev–Trinajstić information content (AvgIpc) is 3.26. The molecule has 174 valence electrons. The predicted molar refractivity (Wildman–Crippen MR) is 131 cm³/mol. The maximum atomic E-state index is 14.5. The number of hydrogen-bond donors (Lipinski definition) is 0. The zero-order chi connectivity index (χ0) is 24.9. The van der Waals surface area contributed by atoms with Crippen LogP contribution in [0.3, 0.4) is 0 Å². The van der Waals surface area contributed by atoms with Crippen molar-refractivity contribution in [3.63, 3.8) is 0 Å². The van der Waals surface area contributed by atoms with Gasteiger partial charge in [0.05, 0.1) is 28.9 Å². The van der Waals surface area contributed by atoms with E-state index in [4.69, 9.17) is 11.6 Å². The maximum Gasteiger partial charge on any atom is 0.261 e. The minimum atomic E-state index is -0.630. The Balaban J connectivity index is 1.62. The maximum absolute atomic E-state index is 14.5. The van der Waals surface area contributed by atoms with Crippen LogP contribution < -0.4 is 0 Å². The number of carbonyl (C=O) groups excluding carboxylic acids is 3. The van der Waals surface area contributed by atoms with Crippen LogP contribution in [0.5, 0.6) is 0 Å². The molecule has 1 aromatic heterocycles. The number of amides is 2. The van der Waals surface area contributed by atoms with E-state index in [1.165, 1.54) is 29.2 Å². The predicted octanol–water partition coefficient (Wildman–Crippen LogP) is 5.91. The van der Waals surface area contributed by atoms with Crippen LogP contribution >= 0.6 is 11.6 Å². The van der Waals surface area contributed by atoms with Gasteiger partial charge >= 0.3 is 0 Å². The van der Waals surface area contributed by atoms with Crippen molar-refractivity contribution in [2.45, 2.75) is 20.4 Å². The van der Waals surface area contributed by atoms with Gasteiger partial charge in [0.2, 0.25) is 0 Å². The number of rotatable bonds is 5. The van der Waals surface area contributed by atoms with E-state index >= 15 is 0 Å². The highest BCUT2D eigenvalue weighted by Gasteiger charge is 2.36. The lowest BCUT2D eigenvalue weighted by molar-refractivity contribution is 0.0639. The topological polar surface area (TPSA) is 59.4 Å². The fourth-order valence-corrected chi connectivity index (χ4v) is 4.65. The van der Waals surface area contributed by atoms with E-state index in [9.17, 15) is 18.8 Å². The van der Waals surface area contributed by atoms with Gasteiger partial charge in [-0.05, 0) is 67.9 Å². The van der Waals surface area contributed by atoms with Gasteiger partial charge in [0, 0.05) is 22.0 Å². The molecule has 0 spiro atoms. The van der Waals surface area contributed by atoms with Crippen LogP contribution in [0, 0.1) is 19.7 Å². The Morgan fingerprint density at radius 3 is 2.14 bits per heavy atom. The molecule has 5 rings (SSSR count). The molecule has 0 atom stereocenters. The van der Waals surface area contributed by atoms with Crippen LogP contribution in [-0.2, 0) is 6.54 Å². The summed E-state index contributed by atoms with van der Waals surface area (Å²) >= 11 is 6.23. The van der Waals surface area contributed by atoms with E-state index in [1.807, 2.05) is 24.5 Å². The number of nitrogens with zero attached hydrogens (tertiary/aromatic N) is 2. The second-order valence-electron chi connectivity index (χ2n) is 8.45. The number of halogens is 2. The molecule has 0 saturated heterocycles. The highest BCUT2D eigenvalue weighted by molar-refractivity contribution is 6.31. The second-order valence-corrected chi connectivity index (χ2v) is 8.89. The molecule has 2 amide bonds. The third-order valence-electron chi connectivity index (χ3n) is 6.34. The normalized spacial score (nSPS) is 12.9. The van der Waals surface area contributed by atoms with Gasteiger partial charge in [-0.25, -0.2) is 4.39 Å². The van der Waals surface area contributed by atoms with Gasteiger partial charge in [-0.15, -0.1) is 0 Å². The summed E-state index contributed by atoms with van der Waals surface area (Å²) in [5.41, 5.74) is 3.73. The lowest BCUT2D eigenvalue weighted by Gasteiger charge is -2.19. The van der Waals surface area contributed by atoms with Crippen molar-refractivity contribution in [3.05, 3.63) is 123 Å². The lowest BCUT2D eigenvalue weighted by atomic mass is 10.0. The highest BCUT2D eigenvalue weighted by Crippen LogP contribution is 2.31. The minimum Gasteiger partial charge on any atom is -0.315 e. The number of aryl methyl sites for hydroxylation is 1. The molecule has 0 fully saturated rings. The van der Waals surface area contributed by atoms with Crippen molar-refractivity contribution in [2.24, 2.45) is 0 Å². The van der Waals surface area contributed by atoms with Gasteiger partial charge in [0.15, 0.2) is 5.78 Å². The number of hydrogen-bond acceptors (Lipinski definition) is 3. The van der Waals surface area contributed by atoms with Crippen LogP contribution in [-0.4, -0.2) is 27.1 Å². The average molecular weight is 487 g/mol. The Kier molecular flexibility index (Phi) is 5.61. The first-order chi connectivity index (χ1) is 16.8. The van der Waals surface area contributed by atoms with Crippen molar-refractivity contribution < 1.29 is 18.8 Å². The smallest absolute Gasteiger partial charge is 0.261 e. The van der Waals surface area contributed by atoms with Gasteiger partial charge in [-0.3, -0.25) is 19.3 Å². The lowest BCUT2D eigenvalue weighted by Crippen LogP contribution is -2.30. The summed E-state index contributed by atoms with van der Waals surface area (Å²) in [4.78, 5) is 40.6. The monoisotopic (exact) mass is 486 g/mol. The zero-order valence-electron chi connectivity index (χ0n) is 19.0. The molecule has 0 unspecified atom stereocenters. The van der Waals surface area contributed by atoms with E-state index in [0.29, 0.717) is 27.5 Å². The first-order valence-electron chi connectivity index (χ1n) is 11.0. The van der Waals surface area contributed by atoms with Crippen molar-refractivity contribution in [1.29, 1.82) is 0 Å². The van der Waals surface area contributed by atoms with E-state index < -0.39 is 11.6 Å². The van der Waals surface area contributed by atoms with Crippen LogP contribution in [0.15, 0.2) is 72.8 Å². The summed E-state index contributed by atoms with van der Waals surface area (Å²) < 4.78 is 16.3. The summed E-state index contributed by atoms with van der Waals surface area (Å²) in [6, 6.07) is 19.2. The molecule has 0 N–H and O–H groups in total. The SMILES string of the molecule is Cc1cc(CN2C(=O)c3ccccc3C2=O)n(-c2ccc(Cl)cc2C(=O)c2ccccc2F)c1C. The van der Waals surface area contributed by atoms with Crippen LogP contribution in [0.2, 0.25) is 5.02 Å². The number of aromatic nitrogens is 1. The Hall–Kier alpha value is -4.03. The molecule has 4 aromatic rings. The van der Waals surface area contributed by atoms with Crippen LogP contribution in [0.1, 0.15) is 53.6 Å². The standard InChI is InChI=1S/C28H20ClFN2O3/c1-16-13-19(15-31-27(34)20-7-3-4-8-21(20)28(31)35)32(17(16)2)25-12-11-18(29)14-23(25)26(33)22-9-5-6-10-24(22)30/h3-14H,15H2,1-2H3. The molecule has 7 heteroatoms. The van der Waals surface area contributed by atoms with Gasteiger partial charge < -0.3 is 4.57 Å². The third-order valence-corrected chi connectivity index (χ3v) is 6.57. The second kappa shape index (κ2) is 8.64. The molecule has 1 aliphatic heterocycles. The Morgan fingerprint density at radius 1 is 0.857 bits per heavy atom. The van der Waals surface area contributed by atoms with Crippen molar-refractivity contribution >= 4 is 29.2 Å². The number of benzene rings is 3. The Bertz CT molecular complexity index is 1500. The fraction of sp³-hybridized carbons (Fsp3) is 0.107. The van der Waals surface area contributed by atoms with Gasteiger partial charge in [-0.2, -0.15) is 0 Å². The third kappa shape index (κ3) is 3.76. The first-order valence-corrected chi connectivity index (χ1v) is 11.4. The van der Waals surface area contributed by atoms with Crippen LogP contribution in [0.25, 0.3) is 5.69 Å². The Morgan fingerprint density at radius 2 is 1.49 bits per heavy atom. The molecule has 2 heterocycles. The molecule has 0 aliphatic carbocycles. The molecular weight excluding hydrogens is 467 g/mol. The van der Waals surface area contributed by atoms with E-state index in [-0.39, 0.29) is 29.5 Å². The molecule has 35 heavy (non-hydrogen) atoms. The molecule has 1 aliphatic rings. The van der Waals surface area contributed by atoms with E-state index in [1.54, 1.807) is 42.5 Å². The fourth-order valence-electron chi connectivity index (χ4n) is 4.48. The molecule has 0 bridgehead atoms. The number of ketones is 1. The molecule has 0 saturated carbocycles. The summed E-state index contributed by atoms with van der Waals surface area (Å²) in [6.45, 7) is 3.80. The zero-order valence-corrected chi connectivity index (χ0v) is 19.8. The van der Waals surface area contributed by atoms with Crippen molar-refractivity contribution in [1.82, 2.24) is 9.47 Å². The minimum absolute atomic E-state index is 0.0109.